The lowest BCUT2D eigenvalue weighted by molar-refractivity contribution is 0.395. The van der Waals surface area contributed by atoms with Crippen molar-refractivity contribution in [1.82, 2.24) is 5.32 Å². The number of hydrogen-bond donors (Lipinski definition) is 2. The summed E-state index contributed by atoms with van der Waals surface area (Å²) >= 11 is 0. The smallest absolute Gasteiger partial charge is 0.187 e. The van der Waals surface area contributed by atoms with Gasteiger partial charge in [-0.1, -0.05) is 6.92 Å². The molecule has 2 nitrogen and oxygen atoms in total. The molecule has 4 heteroatoms. The molecule has 2 unspecified atom stereocenters. The highest BCUT2D eigenvalue weighted by Crippen LogP contribution is 2.36. The molecule has 1 aliphatic rings. The van der Waals surface area contributed by atoms with Crippen LogP contribution in [0.4, 0.5) is 8.78 Å². The first-order chi connectivity index (χ1) is 7.58. The van der Waals surface area contributed by atoms with Crippen LogP contribution in [0.3, 0.4) is 0 Å². The largest absolute Gasteiger partial charge is 0.503 e. The quantitative estimate of drug-likeness (QED) is 0.828. The van der Waals surface area contributed by atoms with Crippen LogP contribution in [0.1, 0.15) is 18.9 Å². The van der Waals surface area contributed by atoms with E-state index in [1.807, 2.05) is 0 Å². The molecule has 2 atom stereocenters. The predicted octanol–water partition coefficient (Wildman–Crippen LogP) is 2.42. The minimum Gasteiger partial charge on any atom is -0.503 e. The van der Waals surface area contributed by atoms with E-state index in [2.05, 4.69) is 12.2 Å². The van der Waals surface area contributed by atoms with Crippen molar-refractivity contribution < 1.29 is 13.9 Å². The molecule has 1 aliphatic carbocycles. The third kappa shape index (κ3) is 2.50. The zero-order valence-electron chi connectivity index (χ0n) is 9.13. The molecule has 1 aromatic rings. The molecular weight excluding hydrogens is 212 g/mol. The van der Waals surface area contributed by atoms with Gasteiger partial charge in [0.15, 0.2) is 17.4 Å². The number of rotatable bonds is 4. The highest BCUT2D eigenvalue weighted by Gasteiger charge is 2.31. The van der Waals surface area contributed by atoms with Crippen molar-refractivity contribution in [3.8, 4) is 5.75 Å². The zero-order valence-corrected chi connectivity index (χ0v) is 9.13. The molecule has 0 amide bonds. The molecule has 0 aliphatic heterocycles. The van der Waals surface area contributed by atoms with Crippen molar-refractivity contribution in [2.24, 2.45) is 11.8 Å². The summed E-state index contributed by atoms with van der Waals surface area (Å²) in [6.45, 7) is 3.49. The maximum Gasteiger partial charge on any atom is 0.187 e. The number of phenolic OH excluding ortho intramolecular Hbond substituents is 1. The Labute approximate surface area is 93.3 Å². The standard InChI is InChI=1S/C12H15F2NO/c1-7-2-9(7)6-15-5-8-3-10(13)12(16)11(14)4-8/h3-4,7,9,15-16H,2,5-6H2,1H3. The van der Waals surface area contributed by atoms with Crippen LogP contribution in [0.2, 0.25) is 0 Å². The van der Waals surface area contributed by atoms with Crippen LogP contribution >= 0.6 is 0 Å². The van der Waals surface area contributed by atoms with E-state index in [-0.39, 0.29) is 0 Å². The summed E-state index contributed by atoms with van der Waals surface area (Å²) in [5.41, 5.74) is 0.515. The summed E-state index contributed by atoms with van der Waals surface area (Å²) in [4.78, 5) is 0. The Morgan fingerprint density at radius 3 is 2.44 bits per heavy atom. The lowest BCUT2D eigenvalue weighted by Crippen LogP contribution is -2.17. The lowest BCUT2D eigenvalue weighted by Gasteiger charge is -2.05. The summed E-state index contributed by atoms with van der Waals surface area (Å²) in [5, 5.41) is 12.1. The fourth-order valence-corrected chi connectivity index (χ4v) is 1.81. The normalized spacial score (nSPS) is 23.4. The van der Waals surface area contributed by atoms with Gasteiger partial charge in [0.1, 0.15) is 0 Å². The number of benzene rings is 1. The number of halogens is 2. The van der Waals surface area contributed by atoms with E-state index in [4.69, 9.17) is 5.11 Å². The fourth-order valence-electron chi connectivity index (χ4n) is 1.81. The molecule has 1 fully saturated rings. The van der Waals surface area contributed by atoms with Crippen molar-refractivity contribution in [2.45, 2.75) is 19.9 Å². The molecule has 16 heavy (non-hydrogen) atoms. The average Bonchev–Trinajstić information content (AvgIpc) is 2.91. The fraction of sp³-hybridized carbons (Fsp3) is 0.500. The first kappa shape index (κ1) is 11.3. The van der Waals surface area contributed by atoms with Gasteiger partial charge in [0.25, 0.3) is 0 Å². The van der Waals surface area contributed by atoms with Gasteiger partial charge in [-0.15, -0.1) is 0 Å². The molecule has 0 bridgehead atoms. The van der Waals surface area contributed by atoms with E-state index < -0.39 is 17.4 Å². The van der Waals surface area contributed by atoms with Gasteiger partial charge in [0.05, 0.1) is 0 Å². The summed E-state index contributed by atoms with van der Waals surface area (Å²) in [7, 11) is 0. The van der Waals surface area contributed by atoms with E-state index in [1.54, 1.807) is 0 Å². The predicted molar refractivity (Wildman–Crippen MR) is 57.0 cm³/mol. The number of phenols is 1. The third-order valence-electron chi connectivity index (χ3n) is 3.09. The van der Waals surface area contributed by atoms with Gasteiger partial charge in [-0.05, 0) is 42.5 Å². The van der Waals surface area contributed by atoms with Crippen molar-refractivity contribution in [3.63, 3.8) is 0 Å². The Bertz CT molecular complexity index is 372. The van der Waals surface area contributed by atoms with Crippen molar-refractivity contribution in [2.75, 3.05) is 6.54 Å². The highest BCUT2D eigenvalue weighted by atomic mass is 19.1. The monoisotopic (exact) mass is 227 g/mol. The van der Waals surface area contributed by atoms with Crippen LogP contribution in [0.15, 0.2) is 12.1 Å². The van der Waals surface area contributed by atoms with Crippen LogP contribution in [0, 0.1) is 23.5 Å². The van der Waals surface area contributed by atoms with Gasteiger partial charge in [0.2, 0.25) is 0 Å². The third-order valence-corrected chi connectivity index (χ3v) is 3.09. The molecule has 0 spiro atoms. The molecule has 0 heterocycles. The highest BCUT2D eigenvalue weighted by molar-refractivity contribution is 5.29. The Kier molecular flexibility index (Phi) is 3.10. The Balaban J connectivity index is 1.89. The summed E-state index contributed by atoms with van der Waals surface area (Å²) in [6, 6.07) is 2.31. The minimum absolute atomic E-state index is 0.428. The first-order valence-corrected chi connectivity index (χ1v) is 5.45. The summed E-state index contributed by atoms with van der Waals surface area (Å²) < 4.78 is 26.0. The van der Waals surface area contributed by atoms with Gasteiger partial charge in [-0.25, -0.2) is 8.78 Å². The van der Waals surface area contributed by atoms with E-state index in [1.165, 1.54) is 6.42 Å². The molecule has 0 radical (unpaired) electrons. The van der Waals surface area contributed by atoms with Crippen LogP contribution < -0.4 is 5.32 Å². The Morgan fingerprint density at radius 2 is 1.94 bits per heavy atom. The topological polar surface area (TPSA) is 32.3 Å². The molecule has 0 aromatic heterocycles. The zero-order chi connectivity index (χ0) is 11.7. The first-order valence-electron chi connectivity index (χ1n) is 5.45. The molecule has 2 rings (SSSR count). The summed E-state index contributed by atoms with van der Waals surface area (Å²) in [5.74, 6) is -1.25. The van der Waals surface area contributed by atoms with E-state index in [0.29, 0.717) is 18.0 Å². The number of hydrogen-bond acceptors (Lipinski definition) is 2. The maximum absolute atomic E-state index is 13.0. The Hall–Kier alpha value is -1.16. The van der Waals surface area contributed by atoms with Gasteiger partial charge in [0, 0.05) is 6.54 Å². The molecular formula is C12H15F2NO. The molecule has 88 valence electrons. The second-order valence-corrected chi connectivity index (χ2v) is 4.51. The van der Waals surface area contributed by atoms with Crippen molar-refractivity contribution >= 4 is 0 Å². The molecule has 0 saturated heterocycles. The molecule has 1 aromatic carbocycles. The van der Waals surface area contributed by atoms with Crippen molar-refractivity contribution in [3.05, 3.63) is 29.3 Å². The lowest BCUT2D eigenvalue weighted by atomic mass is 10.2. The van der Waals surface area contributed by atoms with Gasteiger partial charge >= 0.3 is 0 Å². The van der Waals surface area contributed by atoms with Crippen molar-refractivity contribution in [1.29, 1.82) is 0 Å². The average molecular weight is 227 g/mol. The SMILES string of the molecule is CC1CC1CNCc1cc(F)c(O)c(F)c1. The second-order valence-electron chi connectivity index (χ2n) is 4.51. The second kappa shape index (κ2) is 4.37. The molecule has 2 N–H and O–H groups in total. The van der Waals surface area contributed by atoms with Crippen LogP contribution in [-0.2, 0) is 6.54 Å². The van der Waals surface area contributed by atoms with E-state index in [0.717, 1.165) is 24.6 Å². The van der Waals surface area contributed by atoms with Gasteiger partial charge < -0.3 is 10.4 Å². The van der Waals surface area contributed by atoms with Crippen LogP contribution in [0.25, 0.3) is 0 Å². The maximum atomic E-state index is 13.0. The van der Waals surface area contributed by atoms with Crippen LogP contribution in [0.5, 0.6) is 5.75 Å². The van der Waals surface area contributed by atoms with Crippen LogP contribution in [-0.4, -0.2) is 11.7 Å². The Morgan fingerprint density at radius 1 is 1.38 bits per heavy atom. The minimum atomic E-state index is -0.906. The summed E-state index contributed by atoms with van der Waals surface area (Å²) in [6.07, 6.45) is 1.23. The van der Waals surface area contributed by atoms with Gasteiger partial charge in [-0.2, -0.15) is 0 Å². The van der Waals surface area contributed by atoms with Gasteiger partial charge in [-0.3, -0.25) is 0 Å². The number of aromatic hydroxyl groups is 1. The number of nitrogens with one attached hydrogen (secondary N) is 1. The molecule has 1 saturated carbocycles. The van der Waals surface area contributed by atoms with E-state index >= 15 is 0 Å². The van der Waals surface area contributed by atoms with E-state index in [9.17, 15) is 8.78 Å².